The summed E-state index contributed by atoms with van der Waals surface area (Å²) in [6.07, 6.45) is 6.88. The Kier molecular flexibility index (Phi) is 5.31. The van der Waals surface area contributed by atoms with Gasteiger partial charge in [0.1, 0.15) is 0 Å². The van der Waals surface area contributed by atoms with Crippen LogP contribution in [0.4, 0.5) is 5.69 Å². The Balaban J connectivity index is 1.90. The molecule has 0 unspecified atom stereocenters. The Bertz CT molecular complexity index is 593. The minimum absolute atomic E-state index is 0.113. The Morgan fingerprint density at radius 2 is 2.19 bits per heavy atom. The molecule has 2 aromatic heterocycles. The molecular formula is C15H21N5O. The van der Waals surface area contributed by atoms with Gasteiger partial charge in [-0.15, -0.1) is 0 Å². The maximum absolute atomic E-state index is 12.2. The number of hydrogen-bond acceptors (Lipinski definition) is 4. The Morgan fingerprint density at radius 1 is 1.33 bits per heavy atom. The van der Waals surface area contributed by atoms with Crippen molar-refractivity contribution in [2.75, 3.05) is 18.4 Å². The predicted octanol–water partition coefficient (Wildman–Crippen LogP) is 1.61. The number of carbonyl (C=O) groups excluding carboxylic acids is 1. The van der Waals surface area contributed by atoms with E-state index < -0.39 is 0 Å². The molecular weight excluding hydrogens is 266 g/mol. The first-order chi connectivity index (χ1) is 10.2. The van der Waals surface area contributed by atoms with Crippen molar-refractivity contribution in [3.8, 4) is 0 Å². The number of rotatable bonds is 7. The van der Waals surface area contributed by atoms with Gasteiger partial charge in [0.05, 0.1) is 16.9 Å². The van der Waals surface area contributed by atoms with E-state index in [1.807, 2.05) is 25.4 Å². The number of nitrogens with one attached hydrogen (secondary N) is 2. The van der Waals surface area contributed by atoms with E-state index in [1.165, 1.54) is 0 Å². The van der Waals surface area contributed by atoms with Gasteiger partial charge >= 0.3 is 0 Å². The second kappa shape index (κ2) is 7.42. The molecule has 0 spiro atoms. The van der Waals surface area contributed by atoms with Gasteiger partial charge in [-0.05, 0) is 18.6 Å². The monoisotopic (exact) mass is 287 g/mol. The summed E-state index contributed by atoms with van der Waals surface area (Å²) in [5.41, 5.74) is 2.36. The van der Waals surface area contributed by atoms with Gasteiger partial charge in [-0.3, -0.25) is 14.5 Å². The quantitative estimate of drug-likeness (QED) is 0.811. The van der Waals surface area contributed by atoms with E-state index in [1.54, 1.807) is 17.1 Å². The van der Waals surface area contributed by atoms with Crippen LogP contribution >= 0.6 is 0 Å². The molecule has 0 saturated heterocycles. The number of aryl methyl sites for hydroxylation is 1. The molecule has 0 radical (unpaired) electrons. The smallest absolute Gasteiger partial charge is 0.254 e. The fraction of sp³-hybridized carbons (Fsp3) is 0.400. The largest absolute Gasteiger partial charge is 0.384 e. The van der Waals surface area contributed by atoms with E-state index in [0.717, 1.165) is 24.3 Å². The minimum atomic E-state index is -0.113. The van der Waals surface area contributed by atoms with Gasteiger partial charge in [-0.25, -0.2) is 0 Å². The van der Waals surface area contributed by atoms with Crippen molar-refractivity contribution in [2.24, 2.45) is 7.05 Å². The zero-order valence-corrected chi connectivity index (χ0v) is 12.5. The summed E-state index contributed by atoms with van der Waals surface area (Å²) >= 11 is 0. The molecule has 21 heavy (non-hydrogen) atoms. The molecule has 2 heterocycles. The normalized spacial score (nSPS) is 10.4. The van der Waals surface area contributed by atoms with Crippen LogP contribution < -0.4 is 10.6 Å². The van der Waals surface area contributed by atoms with E-state index in [2.05, 4.69) is 27.6 Å². The van der Waals surface area contributed by atoms with Gasteiger partial charge in [0.15, 0.2) is 0 Å². The van der Waals surface area contributed by atoms with Crippen LogP contribution in [0.25, 0.3) is 0 Å². The lowest BCUT2D eigenvalue weighted by molar-refractivity contribution is 0.0954. The van der Waals surface area contributed by atoms with E-state index in [4.69, 9.17) is 0 Å². The molecule has 6 heteroatoms. The van der Waals surface area contributed by atoms with Crippen molar-refractivity contribution in [3.05, 3.63) is 42.0 Å². The Morgan fingerprint density at radius 3 is 2.90 bits per heavy atom. The molecule has 112 valence electrons. The highest BCUT2D eigenvalue weighted by molar-refractivity contribution is 5.99. The van der Waals surface area contributed by atoms with Gasteiger partial charge in [-0.1, -0.05) is 6.92 Å². The summed E-state index contributed by atoms with van der Waals surface area (Å²) in [7, 11) is 1.88. The standard InChI is InChI=1S/C15H21N5O/c1-3-7-17-14-5-8-16-11-13(14)15(21)18-9-4-12-6-10-20(2)19-12/h5-6,8,10-11H,3-4,7,9H2,1-2H3,(H,16,17)(H,18,21). The van der Waals surface area contributed by atoms with Gasteiger partial charge in [0.25, 0.3) is 5.91 Å². The van der Waals surface area contributed by atoms with Crippen molar-refractivity contribution in [1.29, 1.82) is 0 Å². The lowest BCUT2D eigenvalue weighted by Crippen LogP contribution is -2.27. The first-order valence-electron chi connectivity index (χ1n) is 7.15. The van der Waals surface area contributed by atoms with Crippen LogP contribution in [0.15, 0.2) is 30.7 Å². The molecule has 0 aliphatic rings. The van der Waals surface area contributed by atoms with Gasteiger partial charge in [-0.2, -0.15) is 5.10 Å². The molecule has 0 bridgehead atoms. The second-order valence-corrected chi connectivity index (χ2v) is 4.83. The molecule has 2 aromatic rings. The third-order valence-corrected chi connectivity index (χ3v) is 3.07. The van der Waals surface area contributed by atoms with Crippen molar-refractivity contribution in [1.82, 2.24) is 20.1 Å². The zero-order valence-electron chi connectivity index (χ0n) is 12.5. The van der Waals surface area contributed by atoms with Crippen molar-refractivity contribution < 1.29 is 4.79 Å². The molecule has 2 N–H and O–H groups in total. The molecule has 0 aliphatic heterocycles. The van der Waals surface area contributed by atoms with E-state index >= 15 is 0 Å². The first-order valence-corrected chi connectivity index (χ1v) is 7.15. The SMILES string of the molecule is CCCNc1ccncc1C(=O)NCCc1ccn(C)n1. The van der Waals surface area contributed by atoms with Crippen LogP contribution in [0.3, 0.4) is 0 Å². The molecule has 6 nitrogen and oxygen atoms in total. The molecule has 2 rings (SSSR count). The van der Waals surface area contributed by atoms with Crippen LogP contribution in [-0.4, -0.2) is 33.8 Å². The van der Waals surface area contributed by atoms with Crippen LogP contribution in [0.1, 0.15) is 29.4 Å². The van der Waals surface area contributed by atoms with Gasteiger partial charge in [0.2, 0.25) is 0 Å². The fourth-order valence-electron chi connectivity index (χ4n) is 1.99. The van der Waals surface area contributed by atoms with Crippen LogP contribution in [0, 0.1) is 0 Å². The maximum atomic E-state index is 12.2. The third-order valence-electron chi connectivity index (χ3n) is 3.07. The third kappa shape index (κ3) is 4.30. The highest BCUT2D eigenvalue weighted by Gasteiger charge is 2.10. The molecule has 1 amide bonds. The Hall–Kier alpha value is -2.37. The summed E-state index contributed by atoms with van der Waals surface area (Å²) in [4.78, 5) is 16.2. The zero-order chi connectivity index (χ0) is 15.1. The molecule has 0 atom stereocenters. The van der Waals surface area contributed by atoms with Crippen LogP contribution in [0.2, 0.25) is 0 Å². The number of amides is 1. The topological polar surface area (TPSA) is 71.8 Å². The fourth-order valence-corrected chi connectivity index (χ4v) is 1.99. The minimum Gasteiger partial charge on any atom is -0.384 e. The summed E-state index contributed by atoms with van der Waals surface area (Å²) in [5.74, 6) is -0.113. The van der Waals surface area contributed by atoms with Crippen LogP contribution in [-0.2, 0) is 13.5 Å². The number of hydrogen-bond donors (Lipinski definition) is 2. The molecule has 0 fully saturated rings. The number of nitrogens with zero attached hydrogens (tertiary/aromatic N) is 3. The Labute approximate surface area is 124 Å². The number of carbonyl (C=O) groups is 1. The van der Waals surface area contributed by atoms with Gasteiger partial charge < -0.3 is 10.6 Å². The molecule has 0 aliphatic carbocycles. The average molecular weight is 287 g/mol. The lowest BCUT2D eigenvalue weighted by atomic mass is 10.2. The van der Waals surface area contributed by atoms with Crippen LogP contribution in [0.5, 0.6) is 0 Å². The second-order valence-electron chi connectivity index (χ2n) is 4.83. The lowest BCUT2D eigenvalue weighted by Gasteiger charge is -2.10. The summed E-state index contributed by atoms with van der Waals surface area (Å²) in [6, 6.07) is 3.77. The first kappa shape index (κ1) is 15.0. The molecule has 0 saturated carbocycles. The highest BCUT2D eigenvalue weighted by atomic mass is 16.1. The van der Waals surface area contributed by atoms with E-state index in [-0.39, 0.29) is 5.91 Å². The van der Waals surface area contributed by atoms with Crippen molar-refractivity contribution >= 4 is 11.6 Å². The highest BCUT2D eigenvalue weighted by Crippen LogP contribution is 2.13. The van der Waals surface area contributed by atoms with Crippen molar-refractivity contribution in [2.45, 2.75) is 19.8 Å². The predicted molar refractivity (Wildman–Crippen MR) is 82.3 cm³/mol. The van der Waals surface area contributed by atoms with Gasteiger partial charge in [0, 0.05) is 45.1 Å². The summed E-state index contributed by atoms with van der Waals surface area (Å²) < 4.78 is 1.76. The number of aromatic nitrogens is 3. The van der Waals surface area contributed by atoms with E-state index in [0.29, 0.717) is 18.5 Å². The average Bonchev–Trinajstić information content (AvgIpc) is 2.91. The van der Waals surface area contributed by atoms with E-state index in [9.17, 15) is 4.79 Å². The summed E-state index contributed by atoms with van der Waals surface area (Å²) in [5, 5.41) is 10.4. The number of pyridine rings is 1. The summed E-state index contributed by atoms with van der Waals surface area (Å²) in [6.45, 7) is 3.47. The molecule has 0 aromatic carbocycles. The van der Waals surface area contributed by atoms with Crippen molar-refractivity contribution in [3.63, 3.8) is 0 Å². The number of anilines is 1. The maximum Gasteiger partial charge on any atom is 0.254 e.